The van der Waals surface area contributed by atoms with Gasteiger partial charge in [0.25, 0.3) is 5.91 Å². The number of benzene rings is 2. The third-order valence-corrected chi connectivity index (χ3v) is 4.17. The van der Waals surface area contributed by atoms with Crippen LogP contribution in [0.5, 0.6) is 0 Å². The predicted octanol–water partition coefficient (Wildman–Crippen LogP) is 3.88. The van der Waals surface area contributed by atoms with Gasteiger partial charge in [-0.1, -0.05) is 24.3 Å². The number of anilines is 1. The number of carbonyl (C=O) groups is 1. The van der Waals surface area contributed by atoms with Gasteiger partial charge in [0, 0.05) is 20.9 Å². The zero-order chi connectivity index (χ0) is 13.4. The Hall–Kier alpha value is -1.36. The van der Waals surface area contributed by atoms with Crippen molar-refractivity contribution in [1.29, 1.82) is 0 Å². The molecule has 3 rings (SSSR count). The second-order valence-electron chi connectivity index (χ2n) is 4.87. The average Bonchev–Trinajstić information content (AvgIpc) is 2.74. The van der Waals surface area contributed by atoms with Crippen LogP contribution in [0.1, 0.15) is 22.8 Å². The number of rotatable bonds is 1. The van der Waals surface area contributed by atoms with Gasteiger partial charge in [-0.15, -0.1) is 0 Å². The quantitative estimate of drug-likeness (QED) is 0.705. The summed E-state index contributed by atoms with van der Waals surface area (Å²) in [5, 5.41) is 0. The van der Waals surface area contributed by atoms with Crippen LogP contribution in [0, 0.1) is 3.57 Å². The van der Waals surface area contributed by atoms with Crippen molar-refractivity contribution in [2.24, 2.45) is 0 Å². The Morgan fingerprint density at radius 2 is 2.00 bits per heavy atom. The molecule has 19 heavy (non-hydrogen) atoms. The van der Waals surface area contributed by atoms with E-state index in [2.05, 4.69) is 35.6 Å². The maximum Gasteiger partial charge on any atom is 0.258 e. The topological polar surface area (TPSA) is 20.3 Å². The van der Waals surface area contributed by atoms with E-state index in [9.17, 15) is 4.79 Å². The third-order valence-electron chi connectivity index (χ3n) is 3.50. The molecular formula is C16H14INO. The minimum absolute atomic E-state index is 0.0935. The van der Waals surface area contributed by atoms with Gasteiger partial charge in [0.05, 0.1) is 0 Å². The summed E-state index contributed by atoms with van der Waals surface area (Å²) in [6.45, 7) is 2.10. The molecule has 2 aromatic rings. The van der Waals surface area contributed by atoms with E-state index in [1.807, 2.05) is 47.4 Å². The highest BCUT2D eigenvalue weighted by atomic mass is 127. The minimum Gasteiger partial charge on any atom is -0.305 e. The van der Waals surface area contributed by atoms with Gasteiger partial charge in [-0.05, 0) is 65.8 Å². The number of hydrogen-bond acceptors (Lipinski definition) is 1. The van der Waals surface area contributed by atoms with E-state index in [4.69, 9.17) is 0 Å². The molecule has 0 saturated carbocycles. The van der Waals surface area contributed by atoms with Crippen LogP contribution in [0.15, 0.2) is 48.5 Å². The predicted molar refractivity (Wildman–Crippen MR) is 85.6 cm³/mol. The number of para-hydroxylation sites is 1. The van der Waals surface area contributed by atoms with Crippen LogP contribution < -0.4 is 4.90 Å². The number of carbonyl (C=O) groups excluding carboxylic acids is 1. The van der Waals surface area contributed by atoms with Gasteiger partial charge < -0.3 is 4.90 Å². The molecule has 1 heterocycles. The zero-order valence-corrected chi connectivity index (χ0v) is 12.8. The van der Waals surface area contributed by atoms with Crippen molar-refractivity contribution in [2.45, 2.75) is 19.4 Å². The summed E-state index contributed by atoms with van der Waals surface area (Å²) in [4.78, 5) is 14.6. The molecule has 2 nitrogen and oxygen atoms in total. The van der Waals surface area contributed by atoms with E-state index in [-0.39, 0.29) is 11.9 Å². The Morgan fingerprint density at radius 1 is 1.21 bits per heavy atom. The Bertz CT molecular complexity index is 638. The molecule has 1 amide bonds. The maximum absolute atomic E-state index is 12.7. The molecule has 2 aromatic carbocycles. The highest BCUT2D eigenvalue weighted by Crippen LogP contribution is 2.33. The Labute approximate surface area is 126 Å². The molecule has 1 aliphatic rings. The van der Waals surface area contributed by atoms with Crippen molar-refractivity contribution in [2.75, 3.05) is 4.90 Å². The lowest BCUT2D eigenvalue weighted by Gasteiger charge is -2.22. The standard InChI is InChI=1S/C16H14INO/c1-11-9-12-5-2-3-8-15(12)18(11)16(19)13-6-4-7-14(17)10-13/h2-8,10-11H,9H2,1H3/t11-/m0/s1. The van der Waals surface area contributed by atoms with Gasteiger partial charge in [-0.3, -0.25) is 4.79 Å². The Morgan fingerprint density at radius 3 is 2.79 bits per heavy atom. The summed E-state index contributed by atoms with van der Waals surface area (Å²) in [7, 11) is 0. The van der Waals surface area contributed by atoms with E-state index in [0.29, 0.717) is 0 Å². The second kappa shape index (κ2) is 4.96. The van der Waals surface area contributed by atoms with Crippen molar-refractivity contribution in [3.63, 3.8) is 0 Å². The average molecular weight is 363 g/mol. The fraction of sp³-hybridized carbons (Fsp3) is 0.188. The number of hydrogen-bond donors (Lipinski definition) is 0. The number of nitrogens with zero attached hydrogens (tertiary/aromatic N) is 1. The molecule has 0 radical (unpaired) electrons. The van der Waals surface area contributed by atoms with Crippen molar-refractivity contribution in [1.82, 2.24) is 0 Å². The van der Waals surface area contributed by atoms with Crippen molar-refractivity contribution in [3.05, 3.63) is 63.2 Å². The monoisotopic (exact) mass is 363 g/mol. The summed E-state index contributed by atoms with van der Waals surface area (Å²) < 4.78 is 1.09. The first kappa shape index (κ1) is 12.7. The van der Waals surface area contributed by atoms with Gasteiger partial charge in [-0.2, -0.15) is 0 Å². The summed E-state index contributed by atoms with van der Waals surface area (Å²) in [5.74, 6) is 0.0935. The van der Waals surface area contributed by atoms with Crippen LogP contribution in [0.2, 0.25) is 0 Å². The molecule has 0 N–H and O–H groups in total. The fourth-order valence-corrected chi connectivity index (χ4v) is 3.18. The Kier molecular flexibility index (Phi) is 3.31. The molecule has 0 aromatic heterocycles. The van der Waals surface area contributed by atoms with Crippen LogP contribution >= 0.6 is 22.6 Å². The van der Waals surface area contributed by atoms with Crippen LogP contribution in [0.4, 0.5) is 5.69 Å². The maximum atomic E-state index is 12.7. The molecule has 0 spiro atoms. The normalized spacial score (nSPS) is 17.4. The Balaban J connectivity index is 2.01. The summed E-state index contributed by atoms with van der Waals surface area (Å²) in [6.07, 6.45) is 0.936. The molecule has 0 saturated heterocycles. The summed E-state index contributed by atoms with van der Waals surface area (Å²) in [6, 6.07) is 16.1. The minimum atomic E-state index is 0.0935. The molecule has 3 heteroatoms. The molecule has 1 aliphatic heterocycles. The van der Waals surface area contributed by atoms with Crippen molar-refractivity contribution < 1.29 is 4.79 Å². The van der Waals surface area contributed by atoms with Gasteiger partial charge in [0.15, 0.2) is 0 Å². The lowest BCUT2D eigenvalue weighted by atomic mass is 10.1. The number of halogens is 1. The SMILES string of the molecule is C[C@H]1Cc2ccccc2N1C(=O)c1cccc(I)c1. The molecule has 0 bridgehead atoms. The smallest absolute Gasteiger partial charge is 0.258 e. The molecule has 0 aliphatic carbocycles. The first-order chi connectivity index (χ1) is 9.16. The van der Waals surface area contributed by atoms with Crippen LogP contribution in [0.3, 0.4) is 0 Å². The third kappa shape index (κ3) is 2.27. The molecule has 0 unspecified atom stereocenters. The fourth-order valence-electron chi connectivity index (χ4n) is 2.64. The highest BCUT2D eigenvalue weighted by molar-refractivity contribution is 14.1. The van der Waals surface area contributed by atoms with Crippen molar-refractivity contribution >= 4 is 34.2 Å². The van der Waals surface area contributed by atoms with Crippen LogP contribution in [-0.4, -0.2) is 11.9 Å². The van der Waals surface area contributed by atoms with E-state index in [1.165, 1.54) is 5.56 Å². The zero-order valence-electron chi connectivity index (χ0n) is 10.6. The van der Waals surface area contributed by atoms with E-state index in [0.717, 1.165) is 21.2 Å². The summed E-state index contributed by atoms with van der Waals surface area (Å²) >= 11 is 2.24. The molecule has 0 fully saturated rings. The van der Waals surface area contributed by atoms with Gasteiger partial charge in [0.2, 0.25) is 0 Å². The first-order valence-electron chi connectivity index (χ1n) is 6.34. The van der Waals surface area contributed by atoms with Gasteiger partial charge in [-0.25, -0.2) is 0 Å². The molecular weight excluding hydrogens is 349 g/mol. The van der Waals surface area contributed by atoms with Gasteiger partial charge in [0.1, 0.15) is 0 Å². The van der Waals surface area contributed by atoms with E-state index >= 15 is 0 Å². The second-order valence-corrected chi connectivity index (χ2v) is 6.11. The molecule has 1 atom stereocenters. The first-order valence-corrected chi connectivity index (χ1v) is 7.42. The highest BCUT2D eigenvalue weighted by Gasteiger charge is 2.31. The van der Waals surface area contributed by atoms with E-state index in [1.54, 1.807) is 0 Å². The largest absolute Gasteiger partial charge is 0.305 e. The van der Waals surface area contributed by atoms with Crippen molar-refractivity contribution in [3.8, 4) is 0 Å². The van der Waals surface area contributed by atoms with Gasteiger partial charge >= 0.3 is 0 Å². The number of amides is 1. The van der Waals surface area contributed by atoms with E-state index < -0.39 is 0 Å². The lowest BCUT2D eigenvalue weighted by molar-refractivity contribution is 0.0981. The van der Waals surface area contributed by atoms with Crippen LogP contribution in [0.25, 0.3) is 0 Å². The lowest BCUT2D eigenvalue weighted by Crippen LogP contribution is -2.35. The summed E-state index contributed by atoms with van der Waals surface area (Å²) in [5.41, 5.74) is 3.07. The molecule has 96 valence electrons. The number of fused-ring (bicyclic) bond motifs is 1. The van der Waals surface area contributed by atoms with Crippen LogP contribution in [-0.2, 0) is 6.42 Å².